The molecule has 0 aliphatic carbocycles. The molecule has 2 rings (SSSR count). The Bertz CT molecular complexity index is 295. The molecule has 2 heterocycles. The summed E-state index contributed by atoms with van der Waals surface area (Å²) in [6.07, 6.45) is 1.88. The van der Waals surface area contributed by atoms with Crippen molar-refractivity contribution in [2.45, 2.75) is 12.8 Å². The van der Waals surface area contributed by atoms with Gasteiger partial charge >= 0.3 is 0 Å². The first-order valence-electron chi connectivity index (χ1n) is 4.10. The predicted molar refractivity (Wildman–Crippen MR) is 49.6 cm³/mol. The van der Waals surface area contributed by atoms with E-state index in [1.807, 2.05) is 13.1 Å². The molecule has 0 bridgehead atoms. The monoisotopic (exact) mass is 182 g/mol. The molecule has 1 aromatic heterocycles. The van der Waals surface area contributed by atoms with Crippen LogP contribution in [0.2, 0.25) is 5.15 Å². The fourth-order valence-electron chi connectivity index (χ4n) is 1.33. The van der Waals surface area contributed by atoms with E-state index in [2.05, 4.69) is 16.4 Å². The first kappa shape index (κ1) is 8.02. The predicted octanol–water partition coefficient (Wildman–Crippen LogP) is 1.73. The van der Waals surface area contributed by atoms with Gasteiger partial charge in [0.2, 0.25) is 0 Å². The zero-order valence-electron chi connectivity index (χ0n) is 6.97. The fourth-order valence-corrected chi connectivity index (χ4v) is 1.43. The highest BCUT2D eigenvalue weighted by Crippen LogP contribution is 2.22. The normalized spacial score (nSPS) is 17.5. The van der Waals surface area contributed by atoms with Gasteiger partial charge in [-0.05, 0) is 18.1 Å². The molecule has 64 valence electrons. The maximum atomic E-state index is 5.82. The van der Waals surface area contributed by atoms with Crippen LogP contribution in [0.4, 0.5) is 0 Å². The number of hydrogen-bond acceptors (Lipinski definition) is 2. The average molecular weight is 183 g/mol. The SMILES string of the molecule is Cc1cc(C2CNC2)cnc1Cl. The maximum absolute atomic E-state index is 5.82. The first-order chi connectivity index (χ1) is 5.77. The zero-order valence-corrected chi connectivity index (χ0v) is 7.73. The van der Waals surface area contributed by atoms with Crippen molar-refractivity contribution in [2.24, 2.45) is 0 Å². The van der Waals surface area contributed by atoms with Gasteiger partial charge < -0.3 is 5.32 Å². The number of halogens is 1. The molecule has 3 heteroatoms. The van der Waals surface area contributed by atoms with Crippen LogP contribution < -0.4 is 5.32 Å². The van der Waals surface area contributed by atoms with Crippen LogP contribution in [0.5, 0.6) is 0 Å². The summed E-state index contributed by atoms with van der Waals surface area (Å²) in [5.41, 5.74) is 2.37. The van der Waals surface area contributed by atoms with E-state index in [4.69, 9.17) is 11.6 Å². The number of pyridine rings is 1. The van der Waals surface area contributed by atoms with Crippen molar-refractivity contribution in [3.8, 4) is 0 Å². The molecule has 0 unspecified atom stereocenters. The second-order valence-electron chi connectivity index (χ2n) is 3.23. The van der Waals surface area contributed by atoms with Crippen molar-refractivity contribution in [2.75, 3.05) is 13.1 Å². The van der Waals surface area contributed by atoms with Crippen molar-refractivity contribution < 1.29 is 0 Å². The first-order valence-corrected chi connectivity index (χ1v) is 4.48. The molecule has 0 radical (unpaired) electrons. The Hall–Kier alpha value is -0.600. The molecule has 2 nitrogen and oxygen atoms in total. The van der Waals surface area contributed by atoms with Gasteiger partial charge in [-0.2, -0.15) is 0 Å². The largest absolute Gasteiger partial charge is 0.315 e. The van der Waals surface area contributed by atoms with E-state index in [0.717, 1.165) is 18.7 Å². The molecule has 1 fully saturated rings. The molecule has 1 aromatic rings. The van der Waals surface area contributed by atoms with Crippen LogP contribution in [0.25, 0.3) is 0 Å². The number of aryl methyl sites for hydroxylation is 1. The molecule has 12 heavy (non-hydrogen) atoms. The lowest BCUT2D eigenvalue weighted by Crippen LogP contribution is -2.39. The highest BCUT2D eigenvalue weighted by Gasteiger charge is 2.19. The van der Waals surface area contributed by atoms with E-state index < -0.39 is 0 Å². The van der Waals surface area contributed by atoms with E-state index in [1.165, 1.54) is 5.56 Å². The quantitative estimate of drug-likeness (QED) is 0.670. The topological polar surface area (TPSA) is 24.9 Å². The van der Waals surface area contributed by atoms with Gasteiger partial charge in [0.05, 0.1) is 0 Å². The van der Waals surface area contributed by atoms with E-state index in [9.17, 15) is 0 Å². The van der Waals surface area contributed by atoms with Gasteiger partial charge in [0.25, 0.3) is 0 Å². The Morgan fingerprint density at radius 3 is 2.83 bits per heavy atom. The Morgan fingerprint density at radius 1 is 1.58 bits per heavy atom. The van der Waals surface area contributed by atoms with Gasteiger partial charge in [-0.15, -0.1) is 0 Å². The summed E-state index contributed by atoms with van der Waals surface area (Å²) in [4.78, 5) is 4.12. The molecule has 0 spiro atoms. The van der Waals surface area contributed by atoms with Gasteiger partial charge in [0.1, 0.15) is 5.15 Å². The third-order valence-corrected chi connectivity index (χ3v) is 2.68. The summed E-state index contributed by atoms with van der Waals surface area (Å²) in [7, 11) is 0. The molecule has 0 aromatic carbocycles. The molecule has 1 N–H and O–H groups in total. The van der Waals surface area contributed by atoms with Crippen LogP contribution in [-0.4, -0.2) is 18.1 Å². The number of hydrogen-bond donors (Lipinski definition) is 1. The van der Waals surface area contributed by atoms with Crippen LogP contribution in [0, 0.1) is 6.92 Å². The lowest BCUT2D eigenvalue weighted by atomic mass is 9.94. The minimum atomic E-state index is 0.617. The molecule has 0 saturated carbocycles. The molecule has 1 aliphatic heterocycles. The van der Waals surface area contributed by atoms with E-state index in [0.29, 0.717) is 11.1 Å². The van der Waals surface area contributed by atoms with E-state index in [-0.39, 0.29) is 0 Å². The fraction of sp³-hybridized carbons (Fsp3) is 0.444. The molecule has 1 saturated heterocycles. The van der Waals surface area contributed by atoms with Crippen LogP contribution in [0.3, 0.4) is 0 Å². The van der Waals surface area contributed by atoms with Crippen LogP contribution in [-0.2, 0) is 0 Å². The third-order valence-electron chi connectivity index (χ3n) is 2.29. The van der Waals surface area contributed by atoms with Gasteiger partial charge in [-0.3, -0.25) is 0 Å². The van der Waals surface area contributed by atoms with Crippen molar-refractivity contribution >= 4 is 11.6 Å². The molecule has 1 aliphatic rings. The number of nitrogens with zero attached hydrogens (tertiary/aromatic N) is 1. The lowest BCUT2D eigenvalue weighted by molar-refractivity contribution is 0.447. The lowest BCUT2D eigenvalue weighted by Gasteiger charge is -2.27. The Labute approximate surface area is 77.0 Å². The highest BCUT2D eigenvalue weighted by atomic mass is 35.5. The van der Waals surface area contributed by atoms with Gasteiger partial charge in [0.15, 0.2) is 0 Å². The molecular weight excluding hydrogens is 172 g/mol. The minimum Gasteiger partial charge on any atom is -0.315 e. The van der Waals surface area contributed by atoms with Crippen LogP contribution in [0.15, 0.2) is 12.3 Å². The summed E-state index contributed by atoms with van der Waals surface area (Å²) < 4.78 is 0. The minimum absolute atomic E-state index is 0.617. The summed E-state index contributed by atoms with van der Waals surface area (Å²) in [5, 5.41) is 3.85. The number of rotatable bonds is 1. The van der Waals surface area contributed by atoms with Gasteiger partial charge in [-0.1, -0.05) is 17.7 Å². The van der Waals surface area contributed by atoms with Crippen molar-refractivity contribution in [3.63, 3.8) is 0 Å². The Morgan fingerprint density at radius 2 is 2.33 bits per heavy atom. The second kappa shape index (κ2) is 3.04. The number of aromatic nitrogens is 1. The standard InChI is InChI=1S/C9H11ClN2/c1-6-2-7(5-12-9(6)10)8-3-11-4-8/h2,5,8,11H,3-4H2,1H3. The van der Waals surface area contributed by atoms with Gasteiger partial charge in [-0.25, -0.2) is 4.98 Å². The summed E-state index contributed by atoms with van der Waals surface area (Å²) in [6.45, 7) is 4.14. The highest BCUT2D eigenvalue weighted by molar-refractivity contribution is 6.30. The van der Waals surface area contributed by atoms with Crippen molar-refractivity contribution in [1.82, 2.24) is 10.3 Å². The molecular formula is C9H11ClN2. The van der Waals surface area contributed by atoms with Gasteiger partial charge in [0, 0.05) is 25.2 Å². The van der Waals surface area contributed by atoms with E-state index >= 15 is 0 Å². The number of nitrogens with one attached hydrogen (secondary N) is 1. The molecule has 0 amide bonds. The third kappa shape index (κ3) is 1.32. The Kier molecular flexibility index (Phi) is 2.03. The van der Waals surface area contributed by atoms with Crippen LogP contribution >= 0.6 is 11.6 Å². The zero-order chi connectivity index (χ0) is 8.55. The summed E-state index contributed by atoms with van der Waals surface area (Å²) in [6, 6.07) is 2.13. The smallest absolute Gasteiger partial charge is 0.131 e. The summed E-state index contributed by atoms with van der Waals surface area (Å²) in [5.74, 6) is 0.647. The van der Waals surface area contributed by atoms with Crippen molar-refractivity contribution in [3.05, 3.63) is 28.5 Å². The Balaban J connectivity index is 2.27. The maximum Gasteiger partial charge on any atom is 0.131 e. The second-order valence-corrected chi connectivity index (χ2v) is 3.59. The van der Waals surface area contributed by atoms with E-state index in [1.54, 1.807) is 0 Å². The average Bonchev–Trinajstić information content (AvgIpc) is 1.93. The van der Waals surface area contributed by atoms with Crippen molar-refractivity contribution in [1.29, 1.82) is 0 Å². The summed E-state index contributed by atoms with van der Waals surface area (Å²) >= 11 is 5.82. The molecule has 0 atom stereocenters. The van der Waals surface area contributed by atoms with Crippen LogP contribution in [0.1, 0.15) is 17.0 Å².